The topological polar surface area (TPSA) is 40.5 Å². The summed E-state index contributed by atoms with van der Waals surface area (Å²) >= 11 is 5.62. The van der Waals surface area contributed by atoms with Crippen LogP contribution in [0.1, 0.15) is 23.2 Å². The van der Waals surface area contributed by atoms with Crippen LogP contribution in [0.2, 0.25) is 0 Å². The fraction of sp³-hybridized carbons (Fsp3) is 0.500. The number of nitrogens with zero attached hydrogens (tertiary/aromatic N) is 1. The smallest absolute Gasteiger partial charge is 0.254 e. The minimum absolute atomic E-state index is 0.0901. The average molecular weight is 436 g/mol. The van der Waals surface area contributed by atoms with Crippen molar-refractivity contribution < 1.29 is 9.90 Å². The van der Waals surface area contributed by atoms with Gasteiger partial charge in [0.15, 0.2) is 0 Å². The van der Waals surface area contributed by atoms with E-state index in [0.29, 0.717) is 12.5 Å². The summed E-state index contributed by atoms with van der Waals surface area (Å²) in [7, 11) is 0. The summed E-state index contributed by atoms with van der Waals surface area (Å²) in [4.78, 5) is 14.5. The normalized spacial score (nSPS) is 29.6. The highest BCUT2D eigenvalue weighted by Gasteiger charge is 2.43. The van der Waals surface area contributed by atoms with E-state index < -0.39 is 0 Å². The van der Waals surface area contributed by atoms with Crippen molar-refractivity contribution in [2.24, 2.45) is 11.8 Å². The maximum Gasteiger partial charge on any atom is 0.254 e. The molecule has 1 aromatic carbocycles. The van der Waals surface area contributed by atoms with Crippen LogP contribution in [0.25, 0.3) is 0 Å². The Morgan fingerprint density at radius 1 is 1.37 bits per heavy atom. The third-order valence-corrected chi connectivity index (χ3v) is 5.70. The summed E-state index contributed by atoms with van der Waals surface area (Å²) in [5.74, 6) is 0.866. The summed E-state index contributed by atoms with van der Waals surface area (Å²) < 4.78 is 1.90. The molecule has 3 rings (SSSR count). The molecule has 1 amide bonds. The van der Waals surface area contributed by atoms with E-state index in [1.807, 2.05) is 23.1 Å². The van der Waals surface area contributed by atoms with Gasteiger partial charge < -0.3 is 10.0 Å². The summed E-state index contributed by atoms with van der Waals surface area (Å²) in [5.41, 5.74) is 0.754. The Hall–Kier alpha value is -0.140. The van der Waals surface area contributed by atoms with Crippen molar-refractivity contribution in [1.29, 1.82) is 0 Å². The molecule has 0 aromatic heterocycles. The number of carbonyl (C=O) groups excluding carboxylic acids is 1. The highest BCUT2D eigenvalue weighted by atomic mass is 127. The molecule has 1 aromatic rings. The number of hydrogen-bond donors (Lipinski definition) is 1. The van der Waals surface area contributed by atoms with Gasteiger partial charge in [0.05, 0.1) is 11.7 Å². The van der Waals surface area contributed by atoms with Gasteiger partial charge in [0.2, 0.25) is 0 Å². The van der Waals surface area contributed by atoms with Gasteiger partial charge in [-0.3, -0.25) is 4.79 Å². The minimum atomic E-state index is -0.218. The molecule has 1 aliphatic carbocycles. The van der Waals surface area contributed by atoms with Gasteiger partial charge in [-0.15, -0.1) is 0 Å². The lowest BCUT2D eigenvalue weighted by atomic mass is 10.00. The van der Waals surface area contributed by atoms with E-state index in [4.69, 9.17) is 0 Å². The predicted octanol–water partition coefficient (Wildman–Crippen LogP) is 2.90. The van der Waals surface area contributed by atoms with Crippen LogP contribution in [0.4, 0.5) is 0 Å². The number of halogens is 2. The Kier molecular flexibility index (Phi) is 3.88. The minimum Gasteiger partial charge on any atom is -0.393 e. The van der Waals surface area contributed by atoms with E-state index in [1.54, 1.807) is 0 Å². The van der Waals surface area contributed by atoms with Crippen LogP contribution in [0.3, 0.4) is 0 Å². The van der Waals surface area contributed by atoms with E-state index in [2.05, 4.69) is 38.5 Å². The lowest BCUT2D eigenvalue weighted by Gasteiger charge is -2.19. The van der Waals surface area contributed by atoms with Crippen molar-refractivity contribution in [2.45, 2.75) is 18.9 Å². The quantitative estimate of drug-likeness (QED) is 0.689. The van der Waals surface area contributed by atoms with Gasteiger partial charge in [-0.1, -0.05) is 15.9 Å². The molecule has 5 heteroatoms. The van der Waals surface area contributed by atoms with Crippen molar-refractivity contribution in [3.8, 4) is 0 Å². The SMILES string of the molecule is O=C(c1cc(Br)ccc1I)N1CC2CCC(O)C2C1. The van der Waals surface area contributed by atoms with Crippen molar-refractivity contribution in [3.63, 3.8) is 0 Å². The fourth-order valence-electron chi connectivity index (χ4n) is 3.23. The summed E-state index contributed by atoms with van der Waals surface area (Å²) in [5, 5.41) is 9.92. The zero-order valence-electron chi connectivity index (χ0n) is 10.4. The van der Waals surface area contributed by atoms with Crippen LogP contribution < -0.4 is 0 Å². The zero-order valence-corrected chi connectivity index (χ0v) is 14.1. The molecule has 3 nitrogen and oxygen atoms in total. The van der Waals surface area contributed by atoms with Gasteiger partial charge in [0.25, 0.3) is 5.91 Å². The predicted molar refractivity (Wildman–Crippen MR) is 85.0 cm³/mol. The molecule has 102 valence electrons. The number of rotatable bonds is 1. The molecule has 0 radical (unpaired) electrons. The highest BCUT2D eigenvalue weighted by Crippen LogP contribution is 2.38. The van der Waals surface area contributed by atoms with Crippen molar-refractivity contribution >= 4 is 44.4 Å². The Labute approximate surface area is 134 Å². The number of likely N-dealkylation sites (tertiary alicyclic amines) is 1. The van der Waals surface area contributed by atoms with Gasteiger partial charge in [0, 0.05) is 27.1 Å². The van der Waals surface area contributed by atoms with Gasteiger partial charge in [-0.2, -0.15) is 0 Å². The van der Waals surface area contributed by atoms with Gasteiger partial charge >= 0.3 is 0 Å². The number of hydrogen-bond acceptors (Lipinski definition) is 2. The summed E-state index contributed by atoms with van der Waals surface area (Å²) in [6, 6.07) is 5.78. The highest BCUT2D eigenvalue weighted by molar-refractivity contribution is 14.1. The lowest BCUT2D eigenvalue weighted by molar-refractivity contribution is 0.0751. The molecule has 2 aliphatic rings. The van der Waals surface area contributed by atoms with Crippen LogP contribution in [-0.2, 0) is 0 Å². The molecule has 0 spiro atoms. The first kappa shape index (κ1) is 13.8. The largest absolute Gasteiger partial charge is 0.393 e. The lowest BCUT2D eigenvalue weighted by Crippen LogP contribution is -2.31. The molecule has 2 fully saturated rings. The molecule has 1 saturated heterocycles. The second-order valence-corrected chi connectivity index (χ2v) is 7.48. The molecule has 1 saturated carbocycles. The van der Waals surface area contributed by atoms with Crippen LogP contribution >= 0.6 is 38.5 Å². The average Bonchev–Trinajstić information content (AvgIpc) is 2.94. The molecule has 1 heterocycles. The Morgan fingerprint density at radius 3 is 2.89 bits per heavy atom. The summed E-state index contributed by atoms with van der Waals surface area (Å²) in [6.07, 6.45) is 1.72. The molecule has 19 heavy (non-hydrogen) atoms. The molecule has 1 N–H and O–H groups in total. The molecule has 1 aliphatic heterocycles. The van der Waals surface area contributed by atoms with E-state index in [0.717, 1.165) is 33.0 Å². The Morgan fingerprint density at radius 2 is 2.16 bits per heavy atom. The van der Waals surface area contributed by atoms with Gasteiger partial charge in [0.1, 0.15) is 0 Å². The number of amides is 1. The zero-order chi connectivity index (χ0) is 13.6. The number of aliphatic hydroxyl groups is 1. The van der Waals surface area contributed by atoms with Gasteiger partial charge in [-0.05, 0) is 59.5 Å². The Balaban J connectivity index is 1.80. The number of fused-ring (bicyclic) bond motifs is 1. The first-order chi connectivity index (χ1) is 9.06. The molecule has 3 unspecified atom stereocenters. The number of benzene rings is 1. The maximum atomic E-state index is 12.6. The first-order valence-electron chi connectivity index (χ1n) is 6.48. The standard InChI is InChI=1S/C14H15BrINO2/c15-9-2-3-12(16)10(5-9)14(19)17-6-8-1-4-13(18)11(8)7-17/h2-3,5,8,11,13,18H,1,4,6-7H2. The second-order valence-electron chi connectivity index (χ2n) is 5.40. The van der Waals surface area contributed by atoms with E-state index >= 15 is 0 Å². The molecule has 0 bridgehead atoms. The third-order valence-electron chi connectivity index (χ3n) is 4.27. The van der Waals surface area contributed by atoms with Crippen molar-refractivity contribution in [1.82, 2.24) is 4.90 Å². The van der Waals surface area contributed by atoms with Crippen molar-refractivity contribution in [3.05, 3.63) is 31.8 Å². The van der Waals surface area contributed by atoms with Crippen LogP contribution in [0.15, 0.2) is 22.7 Å². The molecule has 3 atom stereocenters. The van der Waals surface area contributed by atoms with Gasteiger partial charge in [-0.25, -0.2) is 0 Å². The first-order valence-corrected chi connectivity index (χ1v) is 8.36. The van der Waals surface area contributed by atoms with Crippen LogP contribution in [0.5, 0.6) is 0 Å². The monoisotopic (exact) mass is 435 g/mol. The third kappa shape index (κ3) is 2.56. The molecular weight excluding hydrogens is 421 g/mol. The van der Waals surface area contributed by atoms with Crippen LogP contribution in [-0.4, -0.2) is 35.1 Å². The van der Waals surface area contributed by atoms with E-state index in [-0.39, 0.29) is 17.9 Å². The Bertz CT molecular complexity index is 522. The van der Waals surface area contributed by atoms with Crippen LogP contribution in [0, 0.1) is 15.4 Å². The van der Waals surface area contributed by atoms with Crippen molar-refractivity contribution in [2.75, 3.05) is 13.1 Å². The molecular formula is C14H15BrINO2. The van der Waals surface area contributed by atoms with E-state index in [1.165, 1.54) is 0 Å². The maximum absolute atomic E-state index is 12.6. The fourth-order valence-corrected chi connectivity index (χ4v) is 4.16. The summed E-state index contributed by atoms with van der Waals surface area (Å²) in [6.45, 7) is 1.50. The number of aliphatic hydroxyl groups excluding tert-OH is 1. The number of carbonyl (C=O) groups is 1. The second kappa shape index (κ2) is 5.33. The van der Waals surface area contributed by atoms with E-state index in [9.17, 15) is 9.90 Å².